The van der Waals surface area contributed by atoms with Crippen LogP contribution in [0.5, 0.6) is 0 Å². The molecule has 90 valence electrons. The fourth-order valence-corrected chi connectivity index (χ4v) is 2.26. The number of pyridine rings is 1. The van der Waals surface area contributed by atoms with Crippen molar-refractivity contribution in [3.8, 4) is 0 Å². The van der Waals surface area contributed by atoms with Crippen molar-refractivity contribution < 1.29 is 0 Å². The molecule has 1 aromatic heterocycles. The number of nitrogens with one attached hydrogen (secondary N) is 1. The quantitative estimate of drug-likeness (QED) is 0.847. The standard InChI is InChI=1S/C15H20N2/c1-4-10-15(2,3)17-14-9-11-16-13-8-6-5-7-12(13)14/h5-9,11H,4,10H2,1-3H3,(H,16,17). The van der Waals surface area contributed by atoms with Gasteiger partial charge < -0.3 is 5.32 Å². The Morgan fingerprint density at radius 2 is 1.94 bits per heavy atom. The summed E-state index contributed by atoms with van der Waals surface area (Å²) in [4.78, 5) is 4.38. The van der Waals surface area contributed by atoms with Crippen LogP contribution in [0.25, 0.3) is 10.9 Å². The van der Waals surface area contributed by atoms with Crippen LogP contribution in [0.15, 0.2) is 36.5 Å². The Bertz CT molecular complexity index is 498. The average Bonchev–Trinajstić information content (AvgIpc) is 2.29. The number of anilines is 1. The third-order valence-corrected chi connectivity index (χ3v) is 3.00. The molecule has 0 fully saturated rings. The lowest BCUT2D eigenvalue weighted by atomic mass is 9.98. The number of aromatic nitrogens is 1. The normalized spacial score (nSPS) is 11.7. The van der Waals surface area contributed by atoms with E-state index in [0.29, 0.717) is 0 Å². The van der Waals surface area contributed by atoms with Gasteiger partial charge in [-0.15, -0.1) is 0 Å². The number of fused-ring (bicyclic) bond motifs is 1. The molecule has 0 atom stereocenters. The monoisotopic (exact) mass is 228 g/mol. The summed E-state index contributed by atoms with van der Waals surface area (Å²) >= 11 is 0. The summed E-state index contributed by atoms with van der Waals surface area (Å²) < 4.78 is 0. The minimum absolute atomic E-state index is 0.124. The molecule has 1 aromatic carbocycles. The van der Waals surface area contributed by atoms with Crippen molar-refractivity contribution >= 4 is 16.6 Å². The van der Waals surface area contributed by atoms with Gasteiger partial charge in [0.2, 0.25) is 0 Å². The second-order valence-corrected chi connectivity index (χ2v) is 5.13. The minimum atomic E-state index is 0.124. The van der Waals surface area contributed by atoms with E-state index in [-0.39, 0.29) is 5.54 Å². The van der Waals surface area contributed by atoms with E-state index < -0.39 is 0 Å². The van der Waals surface area contributed by atoms with Crippen LogP contribution in [-0.2, 0) is 0 Å². The highest BCUT2D eigenvalue weighted by atomic mass is 15.0. The third kappa shape index (κ3) is 2.76. The lowest BCUT2D eigenvalue weighted by Crippen LogP contribution is -2.30. The van der Waals surface area contributed by atoms with E-state index in [1.807, 2.05) is 18.3 Å². The van der Waals surface area contributed by atoms with E-state index in [9.17, 15) is 0 Å². The van der Waals surface area contributed by atoms with Gasteiger partial charge >= 0.3 is 0 Å². The first kappa shape index (κ1) is 11.9. The predicted molar refractivity (Wildman–Crippen MR) is 74.4 cm³/mol. The van der Waals surface area contributed by atoms with Gasteiger partial charge in [0.1, 0.15) is 0 Å². The number of benzene rings is 1. The lowest BCUT2D eigenvalue weighted by Gasteiger charge is -2.27. The first-order chi connectivity index (χ1) is 8.12. The molecule has 2 rings (SSSR count). The first-order valence-corrected chi connectivity index (χ1v) is 6.24. The summed E-state index contributed by atoms with van der Waals surface area (Å²) in [6.07, 6.45) is 4.21. The zero-order valence-corrected chi connectivity index (χ0v) is 10.8. The Labute approximate surface area is 103 Å². The first-order valence-electron chi connectivity index (χ1n) is 6.24. The molecule has 0 saturated heterocycles. The lowest BCUT2D eigenvalue weighted by molar-refractivity contribution is 0.511. The predicted octanol–water partition coefficient (Wildman–Crippen LogP) is 4.23. The number of nitrogens with zero attached hydrogens (tertiary/aromatic N) is 1. The van der Waals surface area contributed by atoms with Gasteiger partial charge in [-0.25, -0.2) is 0 Å². The molecule has 0 amide bonds. The van der Waals surface area contributed by atoms with Crippen molar-refractivity contribution in [1.29, 1.82) is 0 Å². The second kappa shape index (κ2) is 4.74. The smallest absolute Gasteiger partial charge is 0.0722 e. The molecule has 2 nitrogen and oxygen atoms in total. The Morgan fingerprint density at radius 1 is 1.18 bits per heavy atom. The summed E-state index contributed by atoms with van der Waals surface area (Å²) in [5.41, 5.74) is 2.35. The van der Waals surface area contributed by atoms with Crippen molar-refractivity contribution in [1.82, 2.24) is 4.98 Å². The fraction of sp³-hybridized carbons (Fsp3) is 0.400. The zero-order valence-electron chi connectivity index (χ0n) is 10.8. The summed E-state index contributed by atoms with van der Waals surface area (Å²) in [7, 11) is 0. The molecule has 0 saturated carbocycles. The SMILES string of the molecule is CCCC(C)(C)Nc1ccnc2ccccc12. The summed E-state index contributed by atoms with van der Waals surface area (Å²) in [6.45, 7) is 6.70. The van der Waals surface area contributed by atoms with E-state index in [2.05, 4.69) is 49.3 Å². The van der Waals surface area contributed by atoms with Crippen LogP contribution in [0.3, 0.4) is 0 Å². The molecule has 0 unspecified atom stereocenters. The third-order valence-electron chi connectivity index (χ3n) is 3.00. The molecule has 1 N–H and O–H groups in total. The van der Waals surface area contributed by atoms with Crippen LogP contribution in [0.2, 0.25) is 0 Å². The van der Waals surface area contributed by atoms with Crippen LogP contribution in [0.1, 0.15) is 33.6 Å². The van der Waals surface area contributed by atoms with Crippen molar-refractivity contribution in [2.24, 2.45) is 0 Å². The van der Waals surface area contributed by atoms with E-state index in [1.54, 1.807) is 0 Å². The zero-order chi connectivity index (χ0) is 12.3. The van der Waals surface area contributed by atoms with Gasteiger partial charge in [0, 0.05) is 22.8 Å². The van der Waals surface area contributed by atoms with Crippen molar-refractivity contribution in [3.63, 3.8) is 0 Å². The molecule has 2 heteroatoms. The molecule has 0 aliphatic heterocycles. The summed E-state index contributed by atoms with van der Waals surface area (Å²) in [5.74, 6) is 0. The molecule has 0 aliphatic rings. The number of para-hydroxylation sites is 1. The van der Waals surface area contributed by atoms with Gasteiger partial charge in [-0.2, -0.15) is 0 Å². The average molecular weight is 228 g/mol. The maximum Gasteiger partial charge on any atom is 0.0722 e. The van der Waals surface area contributed by atoms with Gasteiger partial charge in [0.05, 0.1) is 5.52 Å². The highest BCUT2D eigenvalue weighted by Gasteiger charge is 2.16. The molecule has 2 aromatic rings. The van der Waals surface area contributed by atoms with Crippen molar-refractivity contribution in [3.05, 3.63) is 36.5 Å². The second-order valence-electron chi connectivity index (χ2n) is 5.13. The van der Waals surface area contributed by atoms with Gasteiger partial charge in [-0.3, -0.25) is 4.98 Å². The maximum atomic E-state index is 4.38. The van der Waals surface area contributed by atoms with E-state index in [1.165, 1.54) is 17.5 Å². The van der Waals surface area contributed by atoms with Crippen LogP contribution < -0.4 is 5.32 Å². The van der Waals surface area contributed by atoms with Crippen LogP contribution in [0.4, 0.5) is 5.69 Å². The molecule has 17 heavy (non-hydrogen) atoms. The number of hydrogen-bond acceptors (Lipinski definition) is 2. The Morgan fingerprint density at radius 3 is 2.71 bits per heavy atom. The molecular formula is C15H20N2. The molecule has 0 aliphatic carbocycles. The fourth-order valence-electron chi connectivity index (χ4n) is 2.26. The molecular weight excluding hydrogens is 208 g/mol. The molecule has 0 spiro atoms. The molecule has 0 bridgehead atoms. The van der Waals surface area contributed by atoms with Crippen LogP contribution in [-0.4, -0.2) is 10.5 Å². The van der Waals surface area contributed by atoms with Gasteiger partial charge in [0.15, 0.2) is 0 Å². The van der Waals surface area contributed by atoms with Gasteiger partial charge in [0.25, 0.3) is 0 Å². The van der Waals surface area contributed by atoms with E-state index in [0.717, 1.165) is 11.9 Å². The Hall–Kier alpha value is -1.57. The number of hydrogen-bond donors (Lipinski definition) is 1. The van der Waals surface area contributed by atoms with Crippen LogP contribution >= 0.6 is 0 Å². The Kier molecular flexibility index (Phi) is 3.32. The topological polar surface area (TPSA) is 24.9 Å². The molecule has 1 heterocycles. The summed E-state index contributed by atoms with van der Waals surface area (Å²) in [5, 5.41) is 4.82. The van der Waals surface area contributed by atoms with Crippen molar-refractivity contribution in [2.45, 2.75) is 39.2 Å². The van der Waals surface area contributed by atoms with E-state index in [4.69, 9.17) is 0 Å². The molecule has 0 radical (unpaired) electrons. The van der Waals surface area contributed by atoms with Gasteiger partial charge in [-0.1, -0.05) is 31.5 Å². The Balaban J connectivity index is 2.36. The van der Waals surface area contributed by atoms with Crippen LogP contribution in [0, 0.1) is 0 Å². The highest BCUT2D eigenvalue weighted by Crippen LogP contribution is 2.25. The highest BCUT2D eigenvalue weighted by molar-refractivity contribution is 5.91. The van der Waals surface area contributed by atoms with Gasteiger partial charge in [-0.05, 0) is 32.4 Å². The summed E-state index contributed by atoms with van der Waals surface area (Å²) in [6, 6.07) is 10.3. The largest absolute Gasteiger partial charge is 0.380 e. The maximum absolute atomic E-state index is 4.38. The number of rotatable bonds is 4. The van der Waals surface area contributed by atoms with E-state index >= 15 is 0 Å². The van der Waals surface area contributed by atoms with Crippen molar-refractivity contribution in [2.75, 3.05) is 5.32 Å². The minimum Gasteiger partial charge on any atom is -0.380 e.